The van der Waals surface area contributed by atoms with Crippen LogP contribution in [0.15, 0.2) is 36.4 Å². The molecule has 0 heterocycles. The van der Waals surface area contributed by atoms with Gasteiger partial charge in [-0.2, -0.15) is 13.2 Å². The van der Waals surface area contributed by atoms with Gasteiger partial charge in [-0.05, 0) is 42.8 Å². The highest BCUT2D eigenvalue weighted by Gasteiger charge is 2.34. The van der Waals surface area contributed by atoms with Gasteiger partial charge in [-0.1, -0.05) is 17.7 Å². The highest BCUT2D eigenvalue weighted by molar-refractivity contribution is 6.30. The highest BCUT2D eigenvalue weighted by atomic mass is 35.5. The molecule has 2 N–H and O–H groups in total. The van der Waals surface area contributed by atoms with E-state index >= 15 is 0 Å². The zero-order chi connectivity index (χ0) is 14.9. The molecule has 2 aromatic rings. The number of ether oxygens (including phenoxy) is 1. The number of nitrogens with two attached hydrogens (primary N) is 1. The van der Waals surface area contributed by atoms with Crippen molar-refractivity contribution < 1.29 is 17.9 Å². The first-order valence-electron chi connectivity index (χ1n) is 5.68. The van der Waals surface area contributed by atoms with Crippen molar-refractivity contribution in [1.29, 1.82) is 0 Å². The Morgan fingerprint density at radius 1 is 1.05 bits per heavy atom. The molecule has 0 unspecified atom stereocenters. The van der Waals surface area contributed by atoms with E-state index in [9.17, 15) is 13.2 Å². The third-order valence-electron chi connectivity index (χ3n) is 2.68. The maximum Gasteiger partial charge on any atom is 0.420 e. The van der Waals surface area contributed by atoms with Gasteiger partial charge in [-0.3, -0.25) is 0 Å². The Morgan fingerprint density at radius 2 is 1.75 bits per heavy atom. The van der Waals surface area contributed by atoms with E-state index in [2.05, 4.69) is 0 Å². The van der Waals surface area contributed by atoms with Crippen molar-refractivity contribution in [2.45, 2.75) is 13.1 Å². The molecule has 0 saturated heterocycles. The van der Waals surface area contributed by atoms with Gasteiger partial charge in [-0.15, -0.1) is 0 Å². The Labute approximate surface area is 118 Å². The largest absolute Gasteiger partial charge is 0.456 e. The molecule has 0 fully saturated rings. The molecule has 0 aliphatic carbocycles. The van der Waals surface area contributed by atoms with Gasteiger partial charge >= 0.3 is 6.18 Å². The smallest absolute Gasteiger partial charge is 0.420 e. The molecule has 2 nitrogen and oxygen atoms in total. The molecule has 0 radical (unpaired) electrons. The van der Waals surface area contributed by atoms with E-state index < -0.39 is 11.7 Å². The molecular formula is C14H11ClF3NO. The first-order valence-corrected chi connectivity index (χ1v) is 6.06. The first-order chi connectivity index (χ1) is 9.27. The maximum absolute atomic E-state index is 12.9. The summed E-state index contributed by atoms with van der Waals surface area (Å²) >= 11 is 5.82. The molecule has 0 saturated carbocycles. The molecule has 0 aliphatic rings. The second kappa shape index (κ2) is 5.25. The van der Waals surface area contributed by atoms with Crippen LogP contribution in [0.1, 0.15) is 11.1 Å². The lowest BCUT2D eigenvalue weighted by atomic mass is 10.1. The third kappa shape index (κ3) is 3.17. The summed E-state index contributed by atoms with van der Waals surface area (Å²) in [6, 6.07) is 8.16. The molecule has 106 valence electrons. The van der Waals surface area contributed by atoms with Crippen molar-refractivity contribution in [2.75, 3.05) is 5.73 Å². The normalized spacial score (nSPS) is 11.4. The van der Waals surface area contributed by atoms with Crippen LogP contribution >= 0.6 is 11.6 Å². The van der Waals surface area contributed by atoms with Crippen LogP contribution < -0.4 is 10.5 Å². The summed E-state index contributed by atoms with van der Waals surface area (Å²) in [7, 11) is 0. The molecular weight excluding hydrogens is 291 g/mol. The van der Waals surface area contributed by atoms with E-state index in [0.29, 0.717) is 10.6 Å². The molecule has 0 amide bonds. The fraction of sp³-hybridized carbons (Fsp3) is 0.143. The van der Waals surface area contributed by atoms with Crippen LogP contribution in [0.25, 0.3) is 0 Å². The number of rotatable bonds is 2. The van der Waals surface area contributed by atoms with E-state index in [1.807, 2.05) is 0 Å². The van der Waals surface area contributed by atoms with Crippen molar-refractivity contribution in [3.05, 3.63) is 52.5 Å². The van der Waals surface area contributed by atoms with Gasteiger partial charge in [0, 0.05) is 10.7 Å². The number of benzene rings is 2. The lowest BCUT2D eigenvalue weighted by Crippen LogP contribution is -2.08. The average Bonchev–Trinajstić information content (AvgIpc) is 2.34. The summed E-state index contributed by atoms with van der Waals surface area (Å²) in [4.78, 5) is 0. The molecule has 2 aromatic carbocycles. The summed E-state index contributed by atoms with van der Waals surface area (Å²) in [5.74, 6) is -0.0372. The fourth-order valence-corrected chi connectivity index (χ4v) is 1.82. The van der Waals surface area contributed by atoms with E-state index in [1.165, 1.54) is 18.2 Å². The number of anilines is 1. The maximum atomic E-state index is 12.9. The molecule has 0 bridgehead atoms. The fourth-order valence-electron chi connectivity index (χ4n) is 1.66. The topological polar surface area (TPSA) is 35.2 Å². The average molecular weight is 302 g/mol. The lowest BCUT2D eigenvalue weighted by molar-refractivity contribution is -0.138. The number of nitrogen functional groups attached to an aromatic ring is 1. The van der Waals surface area contributed by atoms with Gasteiger partial charge in [0.15, 0.2) is 0 Å². The van der Waals surface area contributed by atoms with Crippen LogP contribution in [-0.2, 0) is 6.18 Å². The second-order valence-electron chi connectivity index (χ2n) is 4.27. The summed E-state index contributed by atoms with van der Waals surface area (Å²) in [5.41, 5.74) is 5.18. The molecule has 0 atom stereocenters. The number of hydrogen-bond acceptors (Lipinski definition) is 2. The predicted molar refractivity (Wildman–Crippen MR) is 72.1 cm³/mol. The Kier molecular flexibility index (Phi) is 3.81. The number of alkyl halides is 3. The van der Waals surface area contributed by atoms with Gasteiger partial charge in [0.05, 0.1) is 0 Å². The quantitative estimate of drug-likeness (QED) is 0.789. The summed E-state index contributed by atoms with van der Waals surface area (Å²) in [6.45, 7) is 1.72. The summed E-state index contributed by atoms with van der Waals surface area (Å²) in [6.07, 6.45) is -4.54. The van der Waals surface area contributed by atoms with E-state index in [0.717, 1.165) is 6.07 Å². The van der Waals surface area contributed by atoms with Gasteiger partial charge in [0.1, 0.15) is 17.1 Å². The number of halogens is 4. The number of aryl methyl sites for hydroxylation is 1. The van der Waals surface area contributed by atoms with E-state index in [4.69, 9.17) is 22.1 Å². The van der Waals surface area contributed by atoms with Crippen molar-refractivity contribution in [3.8, 4) is 11.5 Å². The van der Waals surface area contributed by atoms with Crippen LogP contribution in [0.4, 0.5) is 18.9 Å². The predicted octanol–water partition coefficient (Wildman–Crippen LogP) is 5.04. The van der Waals surface area contributed by atoms with Gasteiger partial charge < -0.3 is 10.5 Å². The van der Waals surface area contributed by atoms with Gasteiger partial charge in [-0.25, -0.2) is 0 Å². The number of hydrogen-bond donors (Lipinski definition) is 1. The minimum Gasteiger partial charge on any atom is -0.456 e. The van der Waals surface area contributed by atoms with E-state index in [-0.39, 0.29) is 17.2 Å². The highest BCUT2D eigenvalue weighted by Crippen LogP contribution is 2.40. The molecule has 0 aromatic heterocycles. The molecule has 6 heteroatoms. The second-order valence-corrected chi connectivity index (χ2v) is 4.70. The first kappa shape index (κ1) is 14.5. The molecule has 20 heavy (non-hydrogen) atoms. The standard InChI is InChI=1S/C14H11ClF3NO/c1-8-2-3-9(15)6-13(8)20-12-5-4-10(19)7-11(12)14(16,17)18/h2-7H,19H2,1H3. The van der Waals surface area contributed by atoms with Crippen LogP contribution in [0.3, 0.4) is 0 Å². The third-order valence-corrected chi connectivity index (χ3v) is 2.91. The Balaban J connectivity index is 2.46. The summed E-state index contributed by atoms with van der Waals surface area (Å²) in [5, 5.41) is 0.384. The SMILES string of the molecule is Cc1ccc(Cl)cc1Oc1ccc(N)cc1C(F)(F)F. The van der Waals surface area contributed by atoms with Crippen molar-refractivity contribution in [3.63, 3.8) is 0 Å². The van der Waals surface area contributed by atoms with E-state index in [1.54, 1.807) is 19.1 Å². The van der Waals surface area contributed by atoms with Crippen molar-refractivity contribution in [1.82, 2.24) is 0 Å². The Morgan fingerprint density at radius 3 is 2.40 bits per heavy atom. The van der Waals surface area contributed by atoms with Crippen LogP contribution in [0, 0.1) is 6.92 Å². The van der Waals surface area contributed by atoms with Crippen LogP contribution in [0.5, 0.6) is 11.5 Å². The monoisotopic (exact) mass is 301 g/mol. The van der Waals surface area contributed by atoms with Gasteiger partial charge in [0.25, 0.3) is 0 Å². The molecule has 0 aliphatic heterocycles. The van der Waals surface area contributed by atoms with Crippen molar-refractivity contribution >= 4 is 17.3 Å². The Bertz CT molecular complexity index is 641. The lowest BCUT2D eigenvalue weighted by Gasteiger charge is -2.15. The molecule has 0 spiro atoms. The zero-order valence-corrected chi connectivity index (χ0v) is 11.2. The summed E-state index contributed by atoms with van der Waals surface area (Å²) < 4.78 is 44.2. The zero-order valence-electron chi connectivity index (χ0n) is 10.5. The minimum atomic E-state index is -4.54. The van der Waals surface area contributed by atoms with Gasteiger partial charge in [0.2, 0.25) is 0 Å². The minimum absolute atomic E-state index is 0.0208. The Hall–Kier alpha value is -1.88. The van der Waals surface area contributed by atoms with Crippen LogP contribution in [-0.4, -0.2) is 0 Å². The van der Waals surface area contributed by atoms with Crippen LogP contribution in [0.2, 0.25) is 5.02 Å². The molecule has 2 rings (SSSR count). The van der Waals surface area contributed by atoms with Crippen molar-refractivity contribution in [2.24, 2.45) is 0 Å².